The van der Waals surface area contributed by atoms with Crippen molar-refractivity contribution in [3.63, 3.8) is 0 Å². The van der Waals surface area contributed by atoms with Crippen molar-refractivity contribution in [3.8, 4) is 11.1 Å². The zero-order valence-electron chi connectivity index (χ0n) is 19.0. The Morgan fingerprint density at radius 3 is 2.37 bits per heavy atom. The number of rotatable bonds is 10. The van der Waals surface area contributed by atoms with Crippen molar-refractivity contribution < 1.29 is 29.0 Å². The van der Waals surface area contributed by atoms with E-state index in [-0.39, 0.29) is 32.1 Å². The van der Waals surface area contributed by atoms with E-state index in [4.69, 9.17) is 14.6 Å². The van der Waals surface area contributed by atoms with E-state index < -0.39 is 24.0 Å². The fourth-order valence-corrected chi connectivity index (χ4v) is 4.79. The molecule has 3 N–H and O–H groups in total. The number of carboxylic acid groups (broad SMARTS) is 1. The van der Waals surface area contributed by atoms with Gasteiger partial charge in [-0.3, -0.25) is 4.79 Å². The molecule has 0 radical (unpaired) electrons. The van der Waals surface area contributed by atoms with Gasteiger partial charge in [0.15, 0.2) is 6.04 Å². The van der Waals surface area contributed by atoms with Crippen molar-refractivity contribution in [2.45, 2.75) is 24.9 Å². The van der Waals surface area contributed by atoms with Crippen LogP contribution in [-0.2, 0) is 32.0 Å². The van der Waals surface area contributed by atoms with Crippen molar-refractivity contribution >= 4 is 29.3 Å². The number of fused-ring (bicyclic) bond motifs is 3. The van der Waals surface area contributed by atoms with Crippen LogP contribution < -0.4 is 10.6 Å². The van der Waals surface area contributed by atoms with Crippen molar-refractivity contribution in [2.24, 2.45) is 0 Å². The highest BCUT2D eigenvalue weighted by Crippen LogP contribution is 2.44. The van der Waals surface area contributed by atoms with Crippen LogP contribution in [0.3, 0.4) is 0 Å². The Balaban J connectivity index is 1.27. The number of hydrogen-bond acceptors (Lipinski definition) is 7. The van der Waals surface area contributed by atoms with Crippen molar-refractivity contribution in [2.75, 3.05) is 20.3 Å². The van der Waals surface area contributed by atoms with Crippen LogP contribution in [0.5, 0.6) is 0 Å². The van der Waals surface area contributed by atoms with Crippen molar-refractivity contribution in [1.82, 2.24) is 15.6 Å². The van der Waals surface area contributed by atoms with Crippen LogP contribution in [0.1, 0.15) is 27.7 Å². The molecule has 1 atom stereocenters. The number of carboxylic acids is 1. The lowest BCUT2D eigenvalue weighted by molar-refractivity contribution is -0.143. The number of hydrogen-bond donors (Lipinski definition) is 3. The monoisotopic (exact) mass is 495 g/mol. The summed E-state index contributed by atoms with van der Waals surface area (Å²) in [4.78, 5) is 39.9. The van der Waals surface area contributed by atoms with Gasteiger partial charge in [0.1, 0.15) is 11.6 Å². The van der Waals surface area contributed by atoms with Crippen LogP contribution in [0.2, 0.25) is 0 Å². The van der Waals surface area contributed by atoms with E-state index in [1.54, 1.807) is 5.38 Å². The molecule has 1 unspecified atom stereocenters. The summed E-state index contributed by atoms with van der Waals surface area (Å²) in [5, 5.41) is 16.5. The highest BCUT2D eigenvalue weighted by atomic mass is 32.1. The summed E-state index contributed by atoms with van der Waals surface area (Å²) >= 11 is 1.29. The average Bonchev–Trinajstić information content (AvgIpc) is 3.43. The Hall–Kier alpha value is -3.76. The van der Waals surface area contributed by atoms with Crippen LogP contribution in [-0.4, -0.2) is 54.4 Å². The molecular formula is C25H25N3O6S. The zero-order valence-corrected chi connectivity index (χ0v) is 19.8. The molecule has 0 bridgehead atoms. The molecule has 0 aliphatic heterocycles. The molecule has 182 valence electrons. The smallest absolute Gasteiger partial charge is 0.407 e. The number of aromatic nitrogens is 1. The van der Waals surface area contributed by atoms with Crippen LogP contribution >= 0.6 is 11.3 Å². The van der Waals surface area contributed by atoms with Gasteiger partial charge in [0.25, 0.3) is 0 Å². The first-order chi connectivity index (χ1) is 17.0. The number of amides is 2. The van der Waals surface area contributed by atoms with Gasteiger partial charge >= 0.3 is 12.1 Å². The lowest BCUT2D eigenvalue weighted by atomic mass is 9.98. The Bertz CT molecular complexity index is 1180. The maximum atomic E-state index is 12.3. The van der Waals surface area contributed by atoms with E-state index in [0.29, 0.717) is 10.7 Å². The minimum absolute atomic E-state index is 0.0223. The standard InChI is InChI=1S/C25H25N3O6S/c1-33-13-21(24(30)31)28-22(29)10-15-14-35-23(27-15)11-26-25(32)34-12-20-18-8-4-2-6-16(18)17-7-3-5-9-19(17)20/h2-9,14,20-21H,10-13H2,1H3,(H,26,32)(H,28,29)(H,30,31). The summed E-state index contributed by atoms with van der Waals surface area (Å²) in [6.45, 7) is 0.243. The molecule has 9 nitrogen and oxygen atoms in total. The second-order valence-corrected chi connectivity index (χ2v) is 8.94. The zero-order chi connectivity index (χ0) is 24.8. The Morgan fingerprint density at radius 2 is 1.74 bits per heavy atom. The lowest BCUT2D eigenvalue weighted by Crippen LogP contribution is -2.44. The number of aliphatic carboxylic acids is 1. The van der Waals surface area contributed by atoms with Gasteiger partial charge in [0.2, 0.25) is 5.91 Å². The molecule has 35 heavy (non-hydrogen) atoms. The summed E-state index contributed by atoms with van der Waals surface area (Å²) < 4.78 is 10.3. The molecular weight excluding hydrogens is 470 g/mol. The van der Waals surface area contributed by atoms with Crippen molar-refractivity contribution in [3.05, 3.63) is 75.7 Å². The fourth-order valence-electron chi connectivity index (χ4n) is 4.06. The molecule has 1 aliphatic rings. The van der Waals surface area contributed by atoms with Gasteiger partial charge in [-0.2, -0.15) is 0 Å². The second-order valence-electron chi connectivity index (χ2n) is 8.00. The number of carbonyl (C=O) groups is 3. The Labute approximate surface area is 206 Å². The van der Waals surface area contributed by atoms with Crippen LogP contribution in [0.4, 0.5) is 4.79 Å². The number of carbonyl (C=O) groups excluding carboxylic acids is 2. The topological polar surface area (TPSA) is 127 Å². The quantitative estimate of drug-likeness (QED) is 0.395. The largest absolute Gasteiger partial charge is 0.480 e. The summed E-state index contributed by atoms with van der Waals surface area (Å²) in [5.41, 5.74) is 5.08. The molecule has 3 aromatic rings. The van der Waals surface area contributed by atoms with Gasteiger partial charge in [0, 0.05) is 18.4 Å². The van der Waals surface area contributed by atoms with Gasteiger partial charge in [-0.05, 0) is 22.3 Å². The van der Waals surface area contributed by atoms with Crippen LogP contribution in [0.25, 0.3) is 11.1 Å². The number of ether oxygens (including phenoxy) is 2. The lowest BCUT2D eigenvalue weighted by Gasteiger charge is -2.14. The Morgan fingerprint density at radius 1 is 1.09 bits per heavy atom. The second kappa shape index (κ2) is 11.1. The summed E-state index contributed by atoms with van der Waals surface area (Å²) in [6.07, 6.45) is -0.625. The number of methoxy groups -OCH3 is 1. The molecule has 0 spiro atoms. The first-order valence-corrected chi connectivity index (χ1v) is 11.9. The third-order valence-electron chi connectivity index (χ3n) is 5.64. The SMILES string of the molecule is COCC(NC(=O)Cc1csc(CNC(=O)OCC2c3ccccc3-c3ccccc32)n1)C(=O)O. The number of nitrogens with one attached hydrogen (secondary N) is 2. The van der Waals surface area contributed by atoms with E-state index in [1.807, 2.05) is 24.3 Å². The molecule has 1 aliphatic carbocycles. The number of alkyl carbamates (subject to hydrolysis) is 1. The normalized spacial score (nSPS) is 12.9. The van der Waals surface area contributed by atoms with Gasteiger partial charge in [-0.15, -0.1) is 11.3 Å². The van der Waals surface area contributed by atoms with Gasteiger partial charge in [-0.25, -0.2) is 14.6 Å². The summed E-state index contributed by atoms with van der Waals surface area (Å²) in [6, 6.07) is 15.1. The van der Waals surface area contributed by atoms with E-state index >= 15 is 0 Å². The average molecular weight is 496 g/mol. The first kappa shape index (κ1) is 24.4. The molecule has 0 fully saturated rings. The highest BCUT2D eigenvalue weighted by molar-refractivity contribution is 7.09. The van der Waals surface area contributed by atoms with Gasteiger partial charge < -0.3 is 25.2 Å². The summed E-state index contributed by atoms with van der Waals surface area (Å²) in [7, 11) is 1.36. The molecule has 4 rings (SSSR count). The molecule has 2 amide bonds. The first-order valence-electron chi connectivity index (χ1n) is 11.0. The van der Waals surface area contributed by atoms with E-state index in [2.05, 4.69) is 39.9 Å². The fraction of sp³-hybridized carbons (Fsp3) is 0.280. The van der Waals surface area contributed by atoms with E-state index in [0.717, 1.165) is 22.3 Å². The minimum Gasteiger partial charge on any atom is -0.480 e. The molecule has 1 aromatic heterocycles. The van der Waals surface area contributed by atoms with E-state index in [1.165, 1.54) is 18.4 Å². The van der Waals surface area contributed by atoms with Crippen LogP contribution in [0, 0.1) is 0 Å². The predicted octanol–water partition coefficient (Wildman–Crippen LogP) is 2.94. The van der Waals surface area contributed by atoms with E-state index in [9.17, 15) is 14.4 Å². The minimum atomic E-state index is -1.17. The number of benzene rings is 2. The van der Waals surface area contributed by atoms with Gasteiger partial charge in [0.05, 0.1) is 25.3 Å². The molecule has 2 aromatic carbocycles. The molecule has 10 heteroatoms. The van der Waals surface area contributed by atoms with Gasteiger partial charge in [-0.1, -0.05) is 48.5 Å². The Kier molecular flexibility index (Phi) is 7.74. The summed E-state index contributed by atoms with van der Waals surface area (Å²) in [5.74, 6) is -1.67. The van der Waals surface area contributed by atoms with Crippen molar-refractivity contribution in [1.29, 1.82) is 0 Å². The number of nitrogens with zero attached hydrogens (tertiary/aromatic N) is 1. The number of thiazole rings is 1. The maximum absolute atomic E-state index is 12.3. The third-order valence-corrected chi connectivity index (χ3v) is 6.53. The van der Waals surface area contributed by atoms with Crippen LogP contribution in [0.15, 0.2) is 53.9 Å². The maximum Gasteiger partial charge on any atom is 0.407 e. The molecule has 1 heterocycles. The molecule has 0 saturated heterocycles. The third kappa shape index (κ3) is 5.84. The molecule has 0 saturated carbocycles. The highest BCUT2D eigenvalue weighted by Gasteiger charge is 2.29. The predicted molar refractivity (Wildman–Crippen MR) is 129 cm³/mol.